The third-order valence-electron chi connectivity index (χ3n) is 1.94. The topological polar surface area (TPSA) is 107 Å². The number of aromatic amines is 1. The SMILES string of the molecule is CCC[C@@H](NC(=O)Nc1cn[nH]c1)C(=O)O. The van der Waals surface area contributed by atoms with Gasteiger partial charge in [0.2, 0.25) is 0 Å². The molecule has 0 saturated carbocycles. The number of aliphatic carboxylic acids is 1. The van der Waals surface area contributed by atoms with Crippen molar-refractivity contribution in [1.29, 1.82) is 0 Å². The molecule has 0 aliphatic rings. The van der Waals surface area contributed by atoms with Crippen molar-refractivity contribution in [2.24, 2.45) is 0 Å². The van der Waals surface area contributed by atoms with Crippen molar-refractivity contribution in [2.45, 2.75) is 25.8 Å². The number of H-pyrrole nitrogens is 1. The Kier molecular flexibility index (Phi) is 4.31. The number of hydrogen-bond donors (Lipinski definition) is 4. The average Bonchev–Trinajstić information content (AvgIpc) is 2.69. The zero-order chi connectivity index (χ0) is 12.0. The Morgan fingerprint density at radius 3 is 2.88 bits per heavy atom. The zero-order valence-corrected chi connectivity index (χ0v) is 8.86. The molecule has 4 N–H and O–H groups in total. The number of carboxylic acids is 1. The van der Waals surface area contributed by atoms with Gasteiger partial charge in [-0.2, -0.15) is 5.10 Å². The van der Waals surface area contributed by atoms with Crippen molar-refractivity contribution < 1.29 is 14.7 Å². The standard InChI is InChI=1S/C9H14N4O3/c1-2-3-7(8(14)15)13-9(16)12-6-4-10-11-5-6/h4-5,7H,2-3H2,1H3,(H,10,11)(H,14,15)(H2,12,13,16)/t7-/m1/s1. The molecule has 0 saturated heterocycles. The molecule has 0 aliphatic heterocycles. The molecule has 0 fully saturated rings. The second-order valence-electron chi connectivity index (χ2n) is 3.26. The first-order chi connectivity index (χ1) is 7.63. The molecule has 0 aromatic carbocycles. The van der Waals surface area contributed by atoms with Gasteiger partial charge in [0.05, 0.1) is 11.9 Å². The van der Waals surface area contributed by atoms with Crippen molar-refractivity contribution in [3.05, 3.63) is 12.4 Å². The fraction of sp³-hybridized carbons (Fsp3) is 0.444. The molecule has 1 aromatic heterocycles. The summed E-state index contributed by atoms with van der Waals surface area (Å²) in [7, 11) is 0. The van der Waals surface area contributed by atoms with Crippen LogP contribution < -0.4 is 10.6 Å². The largest absolute Gasteiger partial charge is 0.480 e. The van der Waals surface area contributed by atoms with Gasteiger partial charge >= 0.3 is 12.0 Å². The van der Waals surface area contributed by atoms with Gasteiger partial charge in [0.25, 0.3) is 0 Å². The number of carbonyl (C=O) groups excluding carboxylic acids is 1. The van der Waals surface area contributed by atoms with E-state index in [4.69, 9.17) is 5.11 Å². The summed E-state index contributed by atoms with van der Waals surface area (Å²) in [5.74, 6) is -1.04. The van der Waals surface area contributed by atoms with Gasteiger partial charge in [-0.15, -0.1) is 0 Å². The van der Waals surface area contributed by atoms with Crippen LogP contribution in [0.3, 0.4) is 0 Å². The number of urea groups is 1. The van der Waals surface area contributed by atoms with Crippen LogP contribution in [-0.4, -0.2) is 33.3 Å². The van der Waals surface area contributed by atoms with Crippen molar-refractivity contribution in [1.82, 2.24) is 15.5 Å². The minimum atomic E-state index is -1.04. The van der Waals surface area contributed by atoms with Crippen molar-refractivity contribution in [2.75, 3.05) is 5.32 Å². The lowest BCUT2D eigenvalue weighted by atomic mass is 10.2. The van der Waals surface area contributed by atoms with E-state index in [0.717, 1.165) is 0 Å². The molecule has 16 heavy (non-hydrogen) atoms. The van der Waals surface area contributed by atoms with Crippen LogP contribution in [0.15, 0.2) is 12.4 Å². The summed E-state index contributed by atoms with van der Waals surface area (Å²) in [6, 6.07) is -1.42. The number of carboxylic acid groups (broad SMARTS) is 1. The lowest BCUT2D eigenvalue weighted by Gasteiger charge is -2.13. The van der Waals surface area contributed by atoms with E-state index in [1.165, 1.54) is 12.4 Å². The maximum absolute atomic E-state index is 11.4. The Labute approximate surface area is 92.2 Å². The molecule has 0 bridgehead atoms. The van der Waals surface area contributed by atoms with Crippen LogP contribution in [0.1, 0.15) is 19.8 Å². The number of hydrogen-bond acceptors (Lipinski definition) is 3. The third-order valence-corrected chi connectivity index (χ3v) is 1.94. The quantitative estimate of drug-likeness (QED) is 0.595. The van der Waals surface area contributed by atoms with E-state index in [1.807, 2.05) is 6.92 Å². The summed E-state index contributed by atoms with van der Waals surface area (Å²) in [6.07, 6.45) is 4.00. The molecule has 1 heterocycles. The predicted molar refractivity (Wildman–Crippen MR) is 57.1 cm³/mol. The van der Waals surface area contributed by atoms with Gasteiger partial charge in [0.1, 0.15) is 6.04 Å². The molecule has 88 valence electrons. The van der Waals surface area contributed by atoms with Gasteiger partial charge < -0.3 is 15.7 Å². The van der Waals surface area contributed by atoms with Gasteiger partial charge in [0, 0.05) is 6.20 Å². The Balaban J connectivity index is 2.45. The average molecular weight is 226 g/mol. The van der Waals surface area contributed by atoms with Gasteiger partial charge in [0.15, 0.2) is 0 Å². The Morgan fingerprint density at radius 2 is 2.38 bits per heavy atom. The first-order valence-electron chi connectivity index (χ1n) is 4.92. The molecule has 1 atom stereocenters. The number of rotatable bonds is 5. The Morgan fingerprint density at radius 1 is 1.62 bits per heavy atom. The summed E-state index contributed by atoms with van der Waals surface area (Å²) in [6.45, 7) is 1.85. The summed E-state index contributed by atoms with van der Waals surface area (Å²) in [5, 5.41) is 19.8. The second kappa shape index (κ2) is 5.74. The van der Waals surface area contributed by atoms with E-state index in [-0.39, 0.29) is 0 Å². The van der Waals surface area contributed by atoms with Crippen LogP contribution >= 0.6 is 0 Å². The van der Waals surface area contributed by atoms with Crippen molar-refractivity contribution in [3.8, 4) is 0 Å². The molecule has 0 aliphatic carbocycles. The molecule has 0 unspecified atom stereocenters. The summed E-state index contributed by atoms with van der Waals surface area (Å²) >= 11 is 0. The molecule has 0 spiro atoms. The van der Waals surface area contributed by atoms with Crippen LogP contribution in [0, 0.1) is 0 Å². The smallest absolute Gasteiger partial charge is 0.326 e. The number of amides is 2. The molecule has 0 radical (unpaired) electrons. The number of nitrogens with one attached hydrogen (secondary N) is 3. The number of carbonyl (C=O) groups is 2. The number of anilines is 1. The third kappa shape index (κ3) is 3.60. The summed E-state index contributed by atoms with van der Waals surface area (Å²) < 4.78 is 0. The highest BCUT2D eigenvalue weighted by Gasteiger charge is 2.18. The number of aromatic nitrogens is 2. The van der Waals surface area contributed by atoms with Crippen molar-refractivity contribution in [3.63, 3.8) is 0 Å². The lowest BCUT2D eigenvalue weighted by Crippen LogP contribution is -2.42. The zero-order valence-electron chi connectivity index (χ0n) is 8.86. The van der Waals surface area contributed by atoms with E-state index < -0.39 is 18.0 Å². The van der Waals surface area contributed by atoms with Crippen LogP contribution in [0.2, 0.25) is 0 Å². The monoisotopic (exact) mass is 226 g/mol. The van der Waals surface area contributed by atoms with Crippen LogP contribution in [-0.2, 0) is 4.79 Å². The highest BCUT2D eigenvalue weighted by atomic mass is 16.4. The van der Waals surface area contributed by atoms with Gasteiger partial charge in [-0.3, -0.25) is 5.10 Å². The summed E-state index contributed by atoms with van der Waals surface area (Å²) in [4.78, 5) is 22.1. The van der Waals surface area contributed by atoms with E-state index in [1.54, 1.807) is 0 Å². The maximum atomic E-state index is 11.4. The number of nitrogens with zero attached hydrogens (tertiary/aromatic N) is 1. The molecule has 2 amide bonds. The van der Waals surface area contributed by atoms with Gasteiger partial charge in [-0.05, 0) is 6.42 Å². The van der Waals surface area contributed by atoms with Gasteiger partial charge in [-0.1, -0.05) is 13.3 Å². The highest BCUT2D eigenvalue weighted by molar-refractivity contribution is 5.91. The molecular formula is C9H14N4O3. The first-order valence-corrected chi connectivity index (χ1v) is 4.92. The highest BCUT2D eigenvalue weighted by Crippen LogP contribution is 2.02. The summed E-state index contributed by atoms with van der Waals surface area (Å²) in [5.41, 5.74) is 0.484. The van der Waals surface area contributed by atoms with Crippen LogP contribution in [0.5, 0.6) is 0 Å². The Hall–Kier alpha value is -2.05. The van der Waals surface area contributed by atoms with Gasteiger partial charge in [-0.25, -0.2) is 9.59 Å². The van der Waals surface area contributed by atoms with E-state index in [0.29, 0.717) is 18.5 Å². The Bertz CT molecular complexity index is 350. The normalized spacial score (nSPS) is 11.8. The molecule has 1 aromatic rings. The van der Waals surface area contributed by atoms with Crippen molar-refractivity contribution >= 4 is 17.7 Å². The van der Waals surface area contributed by atoms with E-state index >= 15 is 0 Å². The maximum Gasteiger partial charge on any atom is 0.326 e. The first kappa shape index (κ1) is 12.0. The van der Waals surface area contributed by atoms with Crippen LogP contribution in [0.4, 0.5) is 10.5 Å². The molecule has 1 rings (SSSR count). The molecule has 7 nitrogen and oxygen atoms in total. The molecule has 7 heteroatoms. The fourth-order valence-corrected chi connectivity index (χ4v) is 1.19. The fourth-order valence-electron chi connectivity index (χ4n) is 1.19. The minimum absolute atomic E-state index is 0.397. The van der Waals surface area contributed by atoms with E-state index in [2.05, 4.69) is 20.8 Å². The molecular weight excluding hydrogens is 212 g/mol. The second-order valence-corrected chi connectivity index (χ2v) is 3.26. The minimum Gasteiger partial charge on any atom is -0.480 e. The van der Waals surface area contributed by atoms with E-state index in [9.17, 15) is 9.59 Å². The predicted octanol–water partition coefficient (Wildman–Crippen LogP) is 0.785. The lowest BCUT2D eigenvalue weighted by molar-refractivity contribution is -0.139. The van der Waals surface area contributed by atoms with Crippen LogP contribution in [0.25, 0.3) is 0 Å².